The van der Waals surface area contributed by atoms with E-state index >= 15 is 0 Å². The summed E-state index contributed by atoms with van der Waals surface area (Å²) >= 11 is 0. The van der Waals surface area contributed by atoms with Crippen molar-refractivity contribution >= 4 is 10.0 Å². The molecule has 1 atom stereocenters. The van der Waals surface area contributed by atoms with E-state index in [4.69, 9.17) is 0 Å². The van der Waals surface area contributed by atoms with Crippen LogP contribution in [0.25, 0.3) is 0 Å². The number of piperidine rings is 1. The summed E-state index contributed by atoms with van der Waals surface area (Å²) in [7, 11) is -3.52. The van der Waals surface area contributed by atoms with Crippen LogP contribution in [0.4, 0.5) is 0 Å². The second kappa shape index (κ2) is 4.86. The van der Waals surface area contributed by atoms with E-state index in [0.29, 0.717) is 6.54 Å². The predicted molar refractivity (Wildman–Crippen MR) is 58.2 cm³/mol. The van der Waals surface area contributed by atoms with Gasteiger partial charge >= 0.3 is 0 Å². The molecule has 1 saturated heterocycles. The third-order valence-corrected chi connectivity index (χ3v) is 3.84. The summed E-state index contributed by atoms with van der Waals surface area (Å²) < 4.78 is 26.3. The van der Waals surface area contributed by atoms with E-state index in [1.807, 2.05) is 0 Å². The second-order valence-corrected chi connectivity index (χ2v) is 5.37. The van der Waals surface area contributed by atoms with Crippen LogP contribution >= 0.6 is 0 Å². The van der Waals surface area contributed by atoms with Crippen LogP contribution in [0.1, 0.15) is 12.8 Å². The fourth-order valence-electron chi connectivity index (χ4n) is 1.66. The average Bonchev–Trinajstić information content (AvgIpc) is 2.31. The van der Waals surface area contributed by atoms with Gasteiger partial charge in [-0.3, -0.25) is 4.98 Å². The summed E-state index contributed by atoms with van der Waals surface area (Å²) in [5, 5.41) is 3.12. The molecule has 1 aromatic heterocycles. The Morgan fingerprint density at radius 2 is 2.31 bits per heavy atom. The van der Waals surface area contributed by atoms with Crippen molar-refractivity contribution in [1.29, 1.82) is 0 Å². The zero-order valence-corrected chi connectivity index (χ0v) is 9.57. The Labute approximate surface area is 94.6 Å². The molecule has 7 heteroatoms. The van der Waals surface area contributed by atoms with Crippen molar-refractivity contribution < 1.29 is 8.42 Å². The van der Waals surface area contributed by atoms with Crippen LogP contribution in [0.3, 0.4) is 0 Å². The molecular weight excluding hydrogens is 228 g/mol. The molecule has 1 aliphatic rings. The third-order valence-electron chi connectivity index (χ3n) is 2.43. The standard InChI is InChI=1S/C9H14N4O2S/c14-16(15,9-7-11-4-5-12-9)13-8-2-1-3-10-6-8/h4-5,7-8,10,13H,1-3,6H2. The lowest BCUT2D eigenvalue weighted by Gasteiger charge is -2.23. The molecule has 0 spiro atoms. The summed E-state index contributed by atoms with van der Waals surface area (Å²) in [6, 6.07) is -0.0549. The summed E-state index contributed by atoms with van der Waals surface area (Å²) in [6.45, 7) is 1.61. The van der Waals surface area contributed by atoms with E-state index in [1.165, 1.54) is 18.6 Å². The molecule has 1 fully saturated rings. The second-order valence-electron chi connectivity index (χ2n) is 3.71. The minimum absolute atomic E-state index is 0.0272. The molecule has 16 heavy (non-hydrogen) atoms. The van der Waals surface area contributed by atoms with Crippen LogP contribution in [0.5, 0.6) is 0 Å². The summed E-state index contributed by atoms with van der Waals surface area (Å²) in [6.07, 6.45) is 5.90. The first-order chi connectivity index (χ1) is 7.68. The number of rotatable bonds is 3. The number of hydrogen-bond donors (Lipinski definition) is 2. The first kappa shape index (κ1) is 11.4. The summed E-state index contributed by atoms with van der Waals surface area (Å²) in [4.78, 5) is 7.53. The normalized spacial score (nSPS) is 21.9. The molecule has 0 aromatic carbocycles. The monoisotopic (exact) mass is 242 g/mol. The zero-order valence-electron chi connectivity index (χ0n) is 8.76. The predicted octanol–water partition coefficient (Wildman–Crippen LogP) is -0.493. The van der Waals surface area contributed by atoms with E-state index in [-0.39, 0.29) is 11.1 Å². The lowest BCUT2D eigenvalue weighted by atomic mass is 10.1. The number of aromatic nitrogens is 2. The molecule has 0 radical (unpaired) electrons. The molecule has 88 valence electrons. The number of sulfonamides is 1. The molecule has 0 saturated carbocycles. The van der Waals surface area contributed by atoms with Gasteiger partial charge in [0, 0.05) is 25.0 Å². The van der Waals surface area contributed by atoms with Crippen molar-refractivity contribution in [2.24, 2.45) is 0 Å². The van der Waals surface area contributed by atoms with E-state index < -0.39 is 10.0 Å². The van der Waals surface area contributed by atoms with E-state index in [0.717, 1.165) is 19.4 Å². The Hall–Kier alpha value is -1.05. The van der Waals surface area contributed by atoms with E-state index in [9.17, 15) is 8.42 Å². The highest BCUT2D eigenvalue weighted by atomic mass is 32.2. The highest BCUT2D eigenvalue weighted by molar-refractivity contribution is 7.89. The van der Waals surface area contributed by atoms with Gasteiger partial charge in [-0.15, -0.1) is 0 Å². The van der Waals surface area contributed by atoms with Gasteiger partial charge in [-0.25, -0.2) is 18.1 Å². The van der Waals surface area contributed by atoms with Crippen LogP contribution in [0, 0.1) is 0 Å². The highest BCUT2D eigenvalue weighted by Gasteiger charge is 2.22. The third kappa shape index (κ3) is 2.75. The molecule has 6 nitrogen and oxygen atoms in total. The Kier molecular flexibility index (Phi) is 3.47. The topological polar surface area (TPSA) is 84.0 Å². The van der Waals surface area contributed by atoms with Crippen LogP contribution in [0.2, 0.25) is 0 Å². The maximum atomic E-state index is 11.9. The van der Waals surface area contributed by atoms with E-state index in [2.05, 4.69) is 20.0 Å². The van der Waals surface area contributed by atoms with Gasteiger partial charge in [0.15, 0.2) is 5.03 Å². The maximum absolute atomic E-state index is 11.9. The van der Waals surface area contributed by atoms with Gasteiger partial charge in [-0.2, -0.15) is 0 Å². The average molecular weight is 242 g/mol. The lowest BCUT2D eigenvalue weighted by Crippen LogP contribution is -2.45. The number of nitrogens with zero attached hydrogens (tertiary/aromatic N) is 2. The fourth-order valence-corrected chi connectivity index (χ4v) is 2.82. The van der Waals surface area contributed by atoms with Crippen molar-refractivity contribution in [3.8, 4) is 0 Å². The largest absolute Gasteiger partial charge is 0.315 e. The smallest absolute Gasteiger partial charge is 0.259 e. The first-order valence-corrected chi connectivity index (χ1v) is 6.66. The molecule has 2 N–H and O–H groups in total. The Bertz CT molecular complexity index is 428. The maximum Gasteiger partial charge on any atom is 0.259 e. The van der Waals surface area contributed by atoms with Gasteiger partial charge < -0.3 is 5.32 Å². The highest BCUT2D eigenvalue weighted by Crippen LogP contribution is 2.07. The van der Waals surface area contributed by atoms with Gasteiger partial charge in [0.05, 0.1) is 6.20 Å². The van der Waals surface area contributed by atoms with Crippen molar-refractivity contribution in [3.05, 3.63) is 18.6 Å². The van der Waals surface area contributed by atoms with Crippen LogP contribution in [-0.4, -0.2) is 37.5 Å². The quantitative estimate of drug-likeness (QED) is 0.747. The minimum atomic E-state index is -3.52. The molecular formula is C9H14N4O2S. The molecule has 1 unspecified atom stereocenters. The lowest BCUT2D eigenvalue weighted by molar-refractivity contribution is 0.428. The summed E-state index contributed by atoms with van der Waals surface area (Å²) in [5.74, 6) is 0. The molecule has 1 aliphatic heterocycles. The molecule has 0 bridgehead atoms. The Balaban J connectivity index is 2.08. The van der Waals surface area contributed by atoms with Crippen LogP contribution in [0.15, 0.2) is 23.6 Å². The van der Waals surface area contributed by atoms with Crippen LogP contribution in [-0.2, 0) is 10.0 Å². The zero-order chi connectivity index (χ0) is 11.4. The SMILES string of the molecule is O=S(=O)(NC1CCCNC1)c1cnccn1. The van der Waals surface area contributed by atoms with Crippen molar-refractivity contribution in [1.82, 2.24) is 20.0 Å². The molecule has 1 aromatic rings. The molecule has 0 amide bonds. The first-order valence-electron chi connectivity index (χ1n) is 5.17. The Morgan fingerprint density at radius 1 is 1.44 bits per heavy atom. The summed E-state index contributed by atoms with van der Waals surface area (Å²) in [5.41, 5.74) is 0. The van der Waals surface area contributed by atoms with Crippen molar-refractivity contribution in [3.63, 3.8) is 0 Å². The molecule has 0 aliphatic carbocycles. The van der Waals surface area contributed by atoms with Gasteiger partial charge in [-0.1, -0.05) is 0 Å². The molecule has 2 heterocycles. The molecule has 2 rings (SSSR count). The van der Waals surface area contributed by atoms with Gasteiger partial charge in [0.25, 0.3) is 10.0 Å². The van der Waals surface area contributed by atoms with Crippen LogP contribution < -0.4 is 10.0 Å². The van der Waals surface area contributed by atoms with Gasteiger partial charge in [0.1, 0.15) is 0 Å². The number of hydrogen-bond acceptors (Lipinski definition) is 5. The minimum Gasteiger partial charge on any atom is -0.315 e. The van der Waals surface area contributed by atoms with Gasteiger partial charge in [0.2, 0.25) is 0 Å². The number of nitrogens with one attached hydrogen (secondary N) is 2. The fraction of sp³-hybridized carbons (Fsp3) is 0.556. The van der Waals surface area contributed by atoms with Gasteiger partial charge in [-0.05, 0) is 19.4 Å². The van der Waals surface area contributed by atoms with E-state index in [1.54, 1.807) is 0 Å². The van der Waals surface area contributed by atoms with Crippen molar-refractivity contribution in [2.45, 2.75) is 23.9 Å². The Morgan fingerprint density at radius 3 is 2.94 bits per heavy atom. The van der Waals surface area contributed by atoms with Crippen molar-refractivity contribution in [2.75, 3.05) is 13.1 Å².